The first-order valence-corrected chi connectivity index (χ1v) is 9.20. The molecule has 1 fully saturated rings. The molecule has 0 aliphatic carbocycles. The quantitative estimate of drug-likeness (QED) is 0.804. The molecule has 4 nitrogen and oxygen atoms in total. The number of benzene rings is 2. The molecule has 0 bridgehead atoms. The van der Waals surface area contributed by atoms with E-state index in [9.17, 15) is 13.6 Å². The van der Waals surface area contributed by atoms with E-state index in [2.05, 4.69) is 5.32 Å². The van der Waals surface area contributed by atoms with Gasteiger partial charge in [-0.3, -0.25) is 4.79 Å². The first-order valence-electron chi connectivity index (χ1n) is 8.82. The largest absolute Gasteiger partial charge is 0.481 e. The molecule has 0 saturated carbocycles. The standard InChI is InChI=1S/C20H21ClF2N2O2/c1-13(27-17-5-2-15(21)3-6-17)20(26)24-11-14-8-9-25(12-14)16-4-7-18(22)19(23)10-16/h2-7,10,13-14H,8-9,11-12H2,1H3,(H,24,26). The summed E-state index contributed by atoms with van der Waals surface area (Å²) >= 11 is 5.83. The molecule has 144 valence electrons. The van der Waals surface area contributed by atoms with Crippen molar-refractivity contribution in [3.8, 4) is 5.75 Å². The Hall–Kier alpha value is -2.34. The van der Waals surface area contributed by atoms with Gasteiger partial charge >= 0.3 is 0 Å². The number of hydrogen-bond donors (Lipinski definition) is 1. The van der Waals surface area contributed by atoms with Crippen molar-refractivity contribution >= 4 is 23.2 Å². The molecule has 1 saturated heterocycles. The number of rotatable bonds is 6. The zero-order chi connectivity index (χ0) is 19.4. The molecule has 7 heteroatoms. The van der Waals surface area contributed by atoms with Crippen molar-refractivity contribution in [3.63, 3.8) is 0 Å². The van der Waals surface area contributed by atoms with Gasteiger partial charge in [0.1, 0.15) is 5.75 Å². The molecule has 0 radical (unpaired) electrons. The molecule has 2 unspecified atom stereocenters. The van der Waals surface area contributed by atoms with Crippen LogP contribution in [0.3, 0.4) is 0 Å². The number of anilines is 1. The second-order valence-corrected chi connectivity index (χ2v) is 7.09. The maximum absolute atomic E-state index is 13.4. The fraction of sp³-hybridized carbons (Fsp3) is 0.350. The van der Waals surface area contributed by atoms with Crippen LogP contribution in [0.1, 0.15) is 13.3 Å². The van der Waals surface area contributed by atoms with Gasteiger partial charge in [0.05, 0.1) is 0 Å². The molecular weight excluding hydrogens is 374 g/mol. The number of nitrogens with one attached hydrogen (secondary N) is 1. The number of nitrogens with zero attached hydrogens (tertiary/aromatic N) is 1. The Balaban J connectivity index is 1.46. The van der Waals surface area contributed by atoms with Crippen LogP contribution < -0.4 is 15.0 Å². The molecule has 27 heavy (non-hydrogen) atoms. The van der Waals surface area contributed by atoms with Crippen molar-refractivity contribution in [1.82, 2.24) is 5.32 Å². The second-order valence-electron chi connectivity index (χ2n) is 6.66. The number of carbonyl (C=O) groups excluding carboxylic acids is 1. The smallest absolute Gasteiger partial charge is 0.260 e. The van der Waals surface area contributed by atoms with Crippen LogP contribution in [0.2, 0.25) is 5.02 Å². The van der Waals surface area contributed by atoms with Crippen LogP contribution in [0.5, 0.6) is 5.75 Å². The van der Waals surface area contributed by atoms with Crippen molar-refractivity contribution < 1.29 is 18.3 Å². The molecule has 0 spiro atoms. The zero-order valence-corrected chi connectivity index (χ0v) is 15.7. The van der Waals surface area contributed by atoms with E-state index >= 15 is 0 Å². The predicted octanol–water partition coefficient (Wildman–Crippen LogP) is 4.03. The third-order valence-corrected chi connectivity index (χ3v) is 4.87. The van der Waals surface area contributed by atoms with Crippen LogP contribution in [-0.4, -0.2) is 31.6 Å². The summed E-state index contributed by atoms with van der Waals surface area (Å²) in [6.45, 7) is 3.61. The minimum absolute atomic E-state index is 0.198. The van der Waals surface area contributed by atoms with Gasteiger partial charge in [-0.2, -0.15) is 0 Å². The molecule has 0 aromatic heterocycles. The van der Waals surface area contributed by atoms with Gasteiger partial charge in [0.25, 0.3) is 5.91 Å². The SMILES string of the molecule is CC(Oc1ccc(Cl)cc1)C(=O)NCC1CCN(c2ccc(F)c(F)c2)C1. The van der Waals surface area contributed by atoms with Crippen molar-refractivity contribution in [2.45, 2.75) is 19.4 Å². The van der Waals surface area contributed by atoms with Gasteiger partial charge < -0.3 is 15.0 Å². The van der Waals surface area contributed by atoms with Crippen molar-refractivity contribution in [1.29, 1.82) is 0 Å². The third kappa shape index (κ3) is 5.10. The van der Waals surface area contributed by atoms with E-state index in [1.807, 2.05) is 4.90 Å². The van der Waals surface area contributed by atoms with Crippen LogP contribution in [0.25, 0.3) is 0 Å². The van der Waals surface area contributed by atoms with Gasteiger partial charge in [0.2, 0.25) is 0 Å². The number of ether oxygens (including phenoxy) is 1. The second kappa shape index (κ2) is 8.57. The summed E-state index contributed by atoms with van der Waals surface area (Å²) in [5, 5.41) is 3.50. The Morgan fingerprint density at radius 1 is 1.26 bits per heavy atom. The summed E-state index contributed by atoms with van der Waals surface area (Å²) < 4.78 is 32.1. The molecule has 1 aliphatic rings. The average molecular weight is 395 g/mol. The first kappa shape index (κ1) is 19.4. The van der Waals surface area contributed by atoms with Gasteiger partial charge in [-0.25, -0.2) is 8.78 Å². The summed E-state index contributed by atoms with van der Waals surface area (Å²) in [6, 6.07) is 10.7. The lowest BCUT2D eigenvalue weighted by molar-refractivity contribution is -0.127. The Morgan fingerprint density at radius 3 is 2.70 bits per heavy atom. The van der Waals surface area contributed by atoms with E-state index in [4.69, 9.17) is 16.3 Å². The summed E-state index contributed by atoms with van der Waals surface area (Å²) in [4.78, 5) is 14.2. The number of amides is 1. The third-order valence-electron chi connectivity index (χ3n) is 4.61. The van der Waals surface area contributed by atoms with E-state index in [0.29, 0.717) is 29.5 Å². The van der Waals surface area contributed by atoms with Gasteiger partial charge in [-0.05, 0) is 55.7 Å². The topological polar surface area (TPSA) is 41.6 Å². The van der Waals surface area contributed by atoms with E-state index in [1.165, 1.54) is 6.07 Å². The Bertz CT molecular complexity index is 801. The number of halogens is 3. The highest BCUT2D eigenvalue weighted by Crippen LogP contribution is 2.25. The van der Waals surface area contributed by atoms with E-state index in [0.717, 1.165) is 19.0 Å². The van der Waals surface area contributed by atoms with Gasteiger partial charge in [-0.15, -0.1) is 0 Å². The van der Waals surface area contributed by atoms with Crippen LogP contribution in [0.15, 0.2) is 42.5 Å². The fourth-order valence-corrected chi connectivity index (χ4v) is 3.20. The maximum Gasteiger partial charge on any atom is 0.260 e. The molecule has 2 aromatic carbocycles. The van der Waals surface area contributed by atoms with Crippen LogP contribution >= 0.6 is 11.6 Å². The van der Waals surface area contributed by atoms with Crippen molar-refractivity contribution in [2.24, 2.45) is 5.92 Å². The molecule has 3 rings (SSSR count). The van der Waals surface area contributed by atoms with Crippen molar-refractivity contribution in [3.05, 3.63) is 59.1 Å². The predicted molar refractivity (Wildman–Crippen MR) is 101 cm³/mol. The molecular formula is C20H21ClF2N2O2. The van der Waals surface area contributed by atoms with Crippen LogP contribution in [-0.2, 0) is 4.79 Å². The number of hydrogen-bond acceptors (Lipinski definition) is 3. The van der Waals surface area contributed by atoms with Gasteiger partial charge in [0.15, 0.2) is 17.7 Å². The minimum Gasteiger partial charge on any atom is -0.481 e. The lowest BCUT2D eigenvalue weighted by Crippen LogP contribution is -2.39. The van der Waals surface area contributed by atoms with Crippen LogP contribution in [0, 0.1) is 17.6 Å². The molecule has 1 heterocycles. The highest BCUT2D eigenvalue weighted by atomic mass is 35.5. The Morgan fingerprint density at radius 2 is 2.00 bits per heavy atom. The summed E-state index contributed by atoms with van der Waals surface area (Å²) in [6.07, 6.45) is 0.237. The Labute approximate surface area is 162 Å². The highest BCUT2D eigenvalue weighted by molar-refractivity contribution is 6.30. The van der Waals surface area contributed by atoms with Gasteiger partial charge in [-0.1, -0.05) is 11.6 Å². The molecule has 2 aromatic rings. The maximum atomic E-state index is 13.4. The molecule has 1 aliphatic heterocycles. The van der Waals surface area contributed by atoms with Gasteiger partial charge in [0, 0.05) is 36.4 Å². The molecule has 1 N–H and O–H groups in total. The summed E-state index contributed by atoms with van der Waals surface area (Å²) in [5.41, 5.74) is 0.655. The summed E-state index contributed by atoms with van der Waals surface area (Å²) in [7, 11) is 0. The number of carbonyl (C=O) groups is 1. The van der Waals surface area contributed by atoms with Crippen LogP contribution in [0.4, 0.5) is 14.5 Å². The van der Waals surface area contributed by atoms with E-state index in [-0.39, 0.29) is 11.8 Å². The fourth-order valence-electron chi connectivity index (χ4n) is 3.07. The lowest BCUT2D eigenvalue weighted by Gasteiger charge is -2.20. The zero-order valence-electron chi connectivity index (χ0n) is 14.9. The lowest BCUT2D eigenvalue weighted by atomic mass is 10.1. The average Bonchev–Trinajstić information content (AvgIpc) is 3.13. The summed E-state index contributed by atoms with van der Waals surface area (Å²) in [5.74, 6) is -1.08. The monoisotopic (exact) mass is 394 g/mol. The van der Waals surface area contributed by atoms with E-state index in [1.54, 1.807) is 37.3 Å². The Kier molecular flexibility index (Phi) is 6.16. The highest BCUT2D eigenvalue weighted by Gasteiger charge is 2.25. The molecule has 2 atom stereocenters. The first-order chi connectivity index (χ1) is 12.9. The minimum atomic E-state index is -0.851. The molecule has 1 amide bonds. The normalized spacial score (nSPS) is 17.6. The van der Waals surface area contributed by atoms with E-state index < -0.39 is 17.7 Å². The van der Waals surface area contributed by atoms with Crippen molar-refractivity contribution in [2.75, 3.05) is 24.5 Å².